The van der Waals surface area contributed by atoms with Crippen molar-refractivity contribution in [2.24, 2.45) is 0 Å². The Labute approximate surface area is 143 Å². The number of hydrogen-bond donors (Lipinski definition) is 1. The smallest absolute Gasteiger partial charge is 0.276 e. The Morgan fingerprint density at radius 2 is 2.04 bits per heavy atom. The number of rotatable bonds is 3. The van der Waals surface area contributed by atoms with E-state index >= 15 is 0 Å². The van der Waals surface area contributed by atoms with Crippen molar-refractivity contribution in [3.63, 3.8) is 0 Å². The lowest BCUT2D eigenvalue weighted by atomic mass is 9.80. The molecule has 0 radical (unpaired) electrons. The van der Waals surface area contributed by atoms with Gasteiger partial charge in [0, 0.05) is 30.2 Å². The maximum absolute atomic E-state index is 12.8. The number of benzene rings is 1. The molecule has 0 saturated heterocycles. The van der Waals surface area contributed by atoms with E-state index in [2.05, 4.69) is 5.10 Å². The average molecular weight is 348 g/mol. The molecule has 23 heavy (non-hydrogen) atoms. The zero-order valence-electron chi connectivity index (χ0n) is 12.4. The van der Waals surface area contributed by atoms with Gasteiger partial charge in [0.25, 0.3) is 5.56 Å². The quantitative estimate of drug-likeness (QED) is 0.772. The first-order valence-electron chi connectivity index (χ1n) is 7.66. The van der Waals surface area contributed by atoms with Crippen LogP contribution in [0.3, 0.4) is 0 Å². The molecule has 4 nitrogen and oxygen atoms in total. The number of nitrogens with zero attached hydrogens (tertiary/aromatic N) is 2. The summed E-state index contributed by atoms with van der Waals surface area (Å²) in [7, 11) is 0. The lowest BCUT2D eigenvalue weighted by Crippen LogP contribution is -2.26. The number of fused-ring (bicyclic) bond motifs is 1. The van der Waals surface area contributed by atoms with Crippen LogP contribution in [0, 0.1) is 0 Å². The summed E-state index contributed by atoms with van der Waals surface area (Å²) in [6.45, 7) is 0. The van der Waals surface area contributed by atoms with E-state index in [9.17, 15) is 4.79 Å². The zero-order valence-corrected chi connectivity index (χ0v) is 13.9. The van der Waals surface area contributed by atoms with Crippen LogP contribution in [0.2, 0.25) is 10.0 Å². The minimum atomic E-state index is -0.0343. The summed E-state index contributed by atoms with van der Waals surface area (Å²) in [5.74, 6) is 0.389. The van der Waals surface area contributed by atoms with Gasteiger partial charge in [-0.3, -0.25) is 9.89 Å². The number of aromatic amines is 1. The van der Waals surface area contributed by atoms with Crippen LogP contribution in [0.25, 0.3) is 5.65 Å². The van der Waals surface area contributed by atoms with Crippen molar-refractivity contribution < 1.29 is 0 Å². The fourth-order valence-electron chi connectivity index (χ4n) is 3.05. The monoisotopic (exact) mass is 347 g/mol. The van der Waals surface area contributed by atoms with Crippen LogP contribution in [-0.2, 0) is 6.42 Å². The third-order valence-electron chi connectivity index (χ3n) is 4.53. The van der Waals surface area contributed by atoms with E-state index in [0.29, 0.717) is 28.0 Å². The molecule has 0 spiro atoms. The molecule has 4 rings (SSSR count). The van der Waals surface area contributed by atoms with Gasteiger partial charge in [-0.15, -0.1) is 0 Å². The van der Waals surface area contributed by atoms with Crippen LogP contribution in [0.5, 0.6) is 0 Å². The number of aromatic nitrogens is 3. The summed E-state index contributed by atoms with van der Waals surface area (Å²) < 4.78 is 1.50. The standard InChI is InChI=1S/C17H15Cl2N3O/c18-13-5-4-10(9-14(13)19)8-12-16(11-2-1-3-11)21-15-6-7-20-22(15)17(12)23/h4-7,9,11,20H,1-3,8H2. The molecule has 0 bridgehead atoms. The van der Waals surface area contributed by atoms with E-state index in [1.54, 1.807) is 12.3 Å². The maximum atomic E-state index is 12.8. The average Bonchev–Trinajstić information content (AvgIpc) is 2.93. The lowest BCUT2D eigenvalue weighted by molar-refractivity contribution is 0.408. The summed E-state index contributed by atoms with van der Waals surface area (Å²) in [5, 5.41) is 3.95. The van der Waals surface area contributed by atoms with Crippen molar-refractivity contribution in [3.05, 3.63) is 67.7 Å². The van der Waals surface area contributed by atoms with Crippen molar-refractivity contribution >= 4 is 28.8 Å². The summed E-state index contributed by atoms with van der Waals surface area (Å²) >= 11 is 12.1. The summed E-state index contributed by atoms with van der Waals surface area (Å²) in [6.07, 6.45) is 5.64. The molecule has 0 aliphatic heterocycles. The van der Waals surface area contributed by atoms with Gasteiger partial charge in [0.1, 0.15) is 0 Å². The molecule has 0 unspecified atom stereocenters. The number of nitrogens with one attached hydrogen (secondary N) is 1. The van der Waals surface area contributed by atoms with Crippen molar-refractivity contribution in [3.8, 4) is 0 Å². The molecule has 118 valence electrons. The Hall–Kier alpha value is -1.78. The molecule has 1 aliphatic carbocycles. The van der Waals surface area contributed by atoms with Crippen LogP contribution in [-0.4, -0.2) is 14.6 Å². The van der Waals surface area contributed by atoms with Gasteiger partial charge >= 0.3 is 0 Å². The van der Waals surface area contributed by atoms with Gasteiger partial charge in [0.15, 0.2) is 5.65 Å². The van der Waals surface area contributed by atoms with E-state index < -0.39 is 0 Å². The van der Waals surface area contributed by atoms with E-state index in [4.69, 9.17) is 28.2 Å². The van der Waals surface area contributed by atoms with Gasteiger partial charge in [0.05, 0.1) is 15.7 Å². The molecule has 1 aromatic carbocycles. The third-order valence-corrected chi connectivity index (χ3v) is 5.27. The fourth-order valence-corrected chi connectivity index (χ4v) is 3.37. The molecule has 3 aromatic rings. The number of halogens is 2. The minimum Gasteiger partial charge on any atom is -0.297 e. The summed E-state index contributed by atoms with van der Waals surface area (Å²) in [4.78, 5) is 17.6. The van der Waals surface area contributed by atoms with Crippen molar-refractivity contribution in [2.45, 2.75) is 31.6 Å². The molecule has 2 heterocycles. The van der Waals surface area contributed by atoms with E-state index in [-0.39, 0.29) is 5.56 Å². The van der Waals surface area contributed by atoms with Crippen LogP contribution in [0.1, 0.15) is 42.0 Å². The number of H-pyrrole nitrogens is 1. The van der Waals surface area contributed by atoms with Gasteiger partial charge in [-0.25, -0.2) is 9.50 Å². The highest BCUT2D eigenvalue weighted by atomic mass is 35.5. The van der Waals surface area contributed by atoms with Gasteiger partial charge in [0.2, 0.25) is 0 Å². The van der Waals surface area contributed by atoms with E-state index in [0.717, 1.165) is 29.7 Å². The Balaban J connectivity index is 1.84. The zero-order chi connectivity index (χ0) is 16.0. The minimum absolute atomic E-state index is 0.0343. The molecule has 0 atom stereocenters. The molecule has 1 aliphatic rings. The molecule has 6 heteroatoms. The maximum Gasteiger partial charge on any atom is 0.276 e. The molecule has 2 aromatic heterocycles. The van der Waals surface area contributed by atoms with Crippen LogP contribution >= 0.6 is 23.2 Å². The summed E-state index contributed by atoms with van der Waals surface area (Å²) in [6, 6.07) is 7.31. The van der Waals surface area contributed by atoms with Crippen molar-refractivity contribution in [1.29, 1.82) is 0 Å². The third kappa shape index (κ3) is 2.56. The first-order chi connectivity index (χ1) is 11.1. The largest absolute Gasteiger partial charge is 0.297 e. The highest BCUT2D eigenvalue weighted by molar-refractivity contribution is 6.42. The second-order valence-electron chi connectivity index (χ2n) is 5.99. The van der Waals surface area contributed by atoms with Crippen molar-refractivity contribution in [1.82, 2.24) is 14.6 Å². The highest BCUT2D eigenvalue weighted by Crippen LogP contribution is 2.37. The highest BCUT2D eigenvalue weighted by Gasteiger charge is 2.26. The Morgan fingerprint density at radius 3 is 2.74 bits per heavy atom. The summed E-state index contributed by atoms with van der Waals surface area (Å²) in [5.41, 5.74) is 3.29. The lowest BCUT2D eigenvalue weighted by Gasteiger charge is -2.26. The molecule has 1 fully saturated rings. The second-order valence-corrected chi connectivity index (χ2v) is 6.80. The van der Waals surface area contributed by atoms with Gasteiger partial charge in [-0.2, -0.15) is 0 Å². The normalized spacial score (nSPS) is 15.0. The Kier molecular flexibility index (Phi) is 3.66. The van der Waals surface area contributed by atoms with Crippen molar-refractivity contribution in [2.75, 3.05) is 0 Å². The Bertz CT molecular complexity index is 941. The molecular formula is C17H15Cl2N3O. The second kappa shape index (κ2) is 5.69. The molecule has 1 saturated carbocycles. The topological polar surface area (TPSA) is 50.2 Å². The fraction of sp³-hybridized carbons (Fsp3) is 0.294. The first-order valence-corrected chi connectivity index (χ1v) is 8.42. The SMILES string of the molecule is O=c1c(Cc2ccc(Cl)c(Cl)c2)c(C2CCC2)nc2cc[nH]n12. The van der Waals surface area contributed by atoms with Crippen LogP contribution in [0.4, 0.5) is 0 Å². The van der Waals surface area contributed by atoms with Gasteiger partial charge in [-0.05, 0) is 30.5 Å². The Morgan fingerprint density at radius 1 is 1.22 bits per heavy atom. The molecular weight excluding hydrogens is 333 g/mol. The molecule has 1 N–H and O–H groups in total. The first kappa shape index (κ1) is 14.8. The van der Waals surface area contributed by atoms with Crippen LogP contribution in [0.15, 0.2) is 35.3 Å². The van der Waals surface area contributed by atoms with Crippen LogP contribution < -0.4 is 5.56 Å². The predicted octanol–water partition coefficient (Wildman–Crippen LogP) is 4.19. The van der Waals surface area contributed by atoms with Gasteiger partial charge < -0.3 is 0 Å². The number of hydrogen-bond acceptors (Lipinski definition) is 2. The molecule has 0 amide bonds. The van der Waals surface area contributed by atoms with Gasteiger partial charge in [-0.1, -0.05) is 35.7 Å². The van der Waals surface area contributed by atoms with E-state index in [1.165, 1.54) is 10.9 Å². The van der Waals surface area contributed by atoms with E-state index in [1.807, 2.05) is 18.2 Å². The predicted molar refractivity (Wildman–Crippen MR) is 91.7 cm³/mol.